The van der Waals surface area contributed by atoms with E-state index in [0.717, 1.165) is 50.1 Å². The van der Waals surface area contributed by atoms with Gasteiger partial charge in [0.2, 0.25) is 11.9 Å². The third kappa shape index (κ3) is 7.06. The van der Waals surface area contributed by atoms with Crippen LogP contribution >= 0.6 is 22.8 Å². The van der Waals surface area contributed by atoms with Crippen molar-refractivity contribution >= 4 is 34.6 Å². The highest BCUT2D eigenvalue weighted by Gasteiger charge is 2.43. The zero-order chi connectivity index (χ0) is 24.8. The topological polar surface area (TPSA) is 58.6 Å². The quantitative estimate of drug-likeness (QED) is 0.447. The lowest BCUT2D eigenvalue weighted by Gasteiger charge is -2.32. The molecule has 0 unspecified atom stereocenters. The molecule has 1 aliphatic heterocycles. The molecule has 2 heterocycles. The summed E-state index contributed by atoms with van der Waals surface area (Å²) < 4.78 is 20.3. The van der Waals surface area contributed by atoms with Crippen molar-refractivity contribution in [2.24, 2.45) is 17.8 Å². The lowest BCUT2D eigenvalue weighted by atomic mass is 9.90. The average Bonchev–Trinajstić information content (AvgIpc) is 3.64. The van der Waals surface area contributed by atoms with Gasteiger partial charge in [-0.05, 0) is 55.1 Å². The lowest BCUT2D eigenvalue weighted by Crippen LogP contribution is -2.35. The smallest absolute Gasteiger partial charge is 0.226 e. The van der Waals surface area contributed by atoms with Gasteiger partial charge in [0.15, 0.2) is 0 Å². The van der Waals surface area contributed by atoms with E-state index in [9.17, 15) is 9.18 Å². The van der Waals surface area contributed by atoms with Crippen molar-refractivity contribution in [1.29, 1.82) is 0 Å². The number of nitrogens with zero attached hydrogens (tertiary/aromatic N) is 4. The van der Waals surface area contributed by atoms with E-state index in [1.165, 1.54) is 23.7 Å². The SMILES string of the molecule is C#SCCN(C)C(=O)Cc1ccc(OCC[C@@H]2C[C@@H]2C2CCN(c3ncc(Cl)cn3)CC2)cc1F. The van der Waals surface area contributed by atoms with Gasteiger partial charge in [-0.25, -0.2) is 14.4 Å². The molecule has 2 aromatic rings. The third-order valence-electron chi connectivity index (χ3n) is 7.11. The van der Waals surface area contributed by atoms with Crippen molar-refractivity contribution in [2.45, 2.75) is 32.1 Å². The molecule has 6 nitrogen and oxygen atoms in total. The molecule has 0 spiro atoms. The highest BCUT2D eigenvalue weighted by Crippen LogP contribution is 2.49. The normalized spacial score (nSPS) is 19.9. The summed E-state index contributed by atoms with van der Waals surface area (Å²) >= 11 is 7.07. The fourth-order valence-corrected chi connectivity index (χ4v) is 5.36. The number of rotatable bonds is 10. The van der Waals surface area contributed by atoms with E-state index in [1.807, 2.05) is 0 Å². The van der Waals surface area contributed by atoms with Crippen molar-refractivity contribution in [2.75, 3.05) is 43.9 Å². The van der Waals surface area contributed by atoms with Gasteiger partial charge >= 0.3 is 0 Å². The highest BCUT2D eigenvalue weighted by molar-refractivity contribution is 7.88. The largest absolute Gasteiger partial charge is 0.493 e. The molecule has 2 aliphatic rings. The fraction of sp³-hybridized carbons (Fsp3) is 0.538. The number of likely N-dealkylation sites (N-methyl/N-ethyl adjacent to an activating group) is 1. The van der Waals surface area contributed by atoms with E-state index < -0.39 is 5.82 Å². The van der Waals surface area contributed by atoms with Gasteiger partial charge in [0, 0.05) is 38.5 Å². The van der Waals surface area contributed by atoms with E-state index in [1.54, 1.807) is 36.5 Å². The molecule has 0 bridgehead atoms. The Labute approximate surface area is 215 Å². The number of aromatic nitrogens is 2. The first-order valence-corrected chi connectivity index (χ1v) is 13.6. The molecule has 1 aromatic carbocycles. The number of halogens is 2. The minimum absolute atomic E-state index is 0.0323. The predicted molar refractivity (Wildman–Crippen MR) is 139 cm³/mol. The van der Waals surface area contributed by atoms with Crippen molar-refractivity contribution in [3.8, 4) is 11.4 Å². The second kappa shape index (κ2) is 12.0. The van der Waals surface area contributed by atoms with Crippen LogP contribution in [0.1, 0.15) is 31.2 Å². The Morgan fingerprint density at radius 2 is 2.06 bits per heavy atom. The molecule has 1 saturated carbocycles. The Morgan fingerprint density at radius 1 is 1.31 bits per heavy atom. The summed E-state index contributed by atoms with van der Waals surface area (Å²) in [5.41, 5.74) is 5.78. The van der Waals surface area contributed by atoms with Gasteiger partial charge in [0.05, 0.1) is 30.4 Å². The average molecular weight is 519 g/mol. The summed E-state index contributed by atoms with van der Waals surface area (Å²) in [4.78, 5) is 24.7. The molecule has 0 N–H and O–H groups in total. The number of anilines is 1. The van der Waals surface area contributed by atoms with Crippen molar-refractivity contribution < 1.29 is 13.9 Å². The Morgan fingerprint density at radius 3 is 2.74 bits per heavy atom. The first-order chi connectivity index (χ1) is 16.9. The fourth-order valence-electron chi connectivity index (χ4n) is 4.88. The number of benzene rings is 1. The van der Waals surface area contributed by atoms with E-state index in [2.05, 4.69) is 14.9 Å². The van der Waals surface area contributed by atoms with Crippen LogP contribution in [0, 0.1) is 29.3 Å². The van der Waals surface area contributed by atoms with Crippen LogP contribution < -0.4 is 9.64 Å². The molecule has 1 aliphatic carbocycles. The zero-order valence-electron chi connectivity index (χ0n) is 20.0. The van der Waals surface area contributed by atoms with E-state index in [0.29, 0.717) is 41.2 Å². The van der Waals surface area contributed by atoms with Crippen LogP contribution in [-0.4, -0.2) is 59.8 Å². The molecule has 4 rings (SSSR count). The number of carbonyl (C=O) groups excluding carboxylic acids is 1. The van der Waals surface area contributed by atoms with E-state index >= 15 is 0 Å². The molecule has 1 aromatic heterocycles. The van der Waals surface area contributed by atoms with Gasteiger partial charge in [-0.15, -0.1) is 16.9 Å². The summed E-state index contributed by atoms with van der Waals surface area (Å²) in [6, 6.07) is 4.78. The molecular weight excluding hydrogens is 487 g/mol. The highest BCUT2D eigenvalue weighted by atomic mass is 35.5. The Balaban J connectivity index is 1.16. The maximum atomic E-state index is 14.5. The van der Waals surface area contributed by atoms with Gasteiger partial charge in [-0.1, -0.05) is 17.7 Å². The lowest BCUT2D eigenvalue weighted by molar-refractivity contribution is -0.128. The summed E-state index contributed by atoms with van der Waals surface area (Å²) in [5, 5.41) is 0.557. The summed E-state index contributed by atoms with van der Waals surface area (Å²) in [6.45, 7) is 3.07. The van der Waals surface area contributed by atoms with Gasteiger partial charge in [-0.2, -0.15) is 0 Å². The summed E-state index contributed by atoms with van der Waals surface area (Å²) in [7, 11) is 1.70. The van der Waals surface area contributed by atoms with E-state index in [4.69, 9.17) is 22.0 Å². The maximum absolute atomic E-state index is 14.5. The minimum Gasteiger partial charge on any atom is -0.493 e. The molecule has 1 amide bonds. The van der Waals surface area contributed by atoms with Crippen molar-refractivity contribution in [1.82, 2.24) is 14.9 Å². The predicted octanol–water partition coefficient (Wildman–Crippen LogP) is 4.91. The maximum Gasteiger partial charge on any atom is 0.226 e. The number of hydrogen-bond donors (Lipinski definition) is 0. The molecule has 9 heteroatoms. The molecule has 2 atom stereocenters. The van der Waals surface area contributed by atoms with Gasteiger partial charge in [-0.3, -0.25) is 4.79 Å². The first-order valence-electron chi connectivity index (χ1n) is 12.1. The van der Waals surface area contributed by atoms with E-state index in [-0.39, 0.29) is 12.3 Å². The van der Waals surface area contributed by atoms with Gasteiger partial charge in [0.25, 0.3) is 0 Å². The second-order valence-corrected chi connectivity index (χ2v) is 10.6. The number of carbonyl (C=O) groups is 1. The molecule has 1 saturated heterocycles. The van der Waals surface area contributed by atoms with Crippen LogP contribution in [0.3, 0.4) is 0 Å². The van der Waals surface area contributed by atoms with Crippen LogP contribution in [0.2, 0.25) is 5.02 Å². The molecule has 2 fully saturated rings. The summed E-state index contributed by atoms with van der Waals surface area (Å²) in [5.74, 6) is 3.56. The Hall–Kier alpha value is -2.41. The third-order valence-corrected chi connectivity index (χ3v) is 7.72. The molecule has 35 heavy (non-hydrogen) atoms. The number of ether oxygens (including phenoxy) is 1. The molecular formula is C26H32ClFN4O2S. The van der Waals surface area contributed by atoms with Crippen LogP contribution in [0.4, 0.5) is 10.3 Å². The van der Waals surface area contributed by atoms with Crippen molar-refractivity contribution in [3.63, 3.8) is 0 Å². The molecule has 0 radical (unpaired) electrons. The molecule has 188 valence electrons. The van der Waals surface area contributed by atoms with Crippen LogP contribution in [0.5, 0.6) is 5.75 Å². The first kappa shape index (κ1) is 25.7. The number of hydrogen-bond acceptors (Lipinski definition) is 5. The standard InChI is InChI=1S/C26H32ClFN4O2S/c1-31(10-12-35-2)25(33)14-20-3-4-22(15-24(20)28)34-11-7-19-13-23(19)18-5-8-32(9-6-18)26-29-16-21(27)17-30-26/h2-4,15-19,23H,5-14H2,1H3/t19-,23-/m1/s1. The second-order valence-electron chi connectivity index (χ2n) is 9.44. The number of amides is 1. The number of piperidine rings is 1. The summed E-state index contributed by atoms with van der Waals surface area (Å²) in [6.07, 6.45) is 7.86. The zero-order valence-corrected chi connectivity index (χ0v) is 21.6. The van der Waals surface area contributed by atoms with Crippen LogP contribution in [0.25, 0.3) is 0 Å². The van der Waals surface area contributed by atoms with Crippen LogP contribution in [-0.2, 0) is 11.2 Å². The van der Waals surface area contributed by atoms with Crippen LogP contribution in [0.15, 0.2) is 30.6 Å². The monoisotopic (exact) mass is 518 g/mol. The Bertz CT molecular complexity index is 1060. The van der Waals surface area contributed by atoms with Crippen molar-refractivity contribution in [3.05, 3.63) is 47.0 Å². The van der Waals surface area contributed by atoms with Gasteiger partial charge < -0.3 is 14.5 Å². The Kier molecular flexibility index (Phi) is 8.82. The van der Waals surface area contributed by atoms with Gasteiger partial charge in [0.1, 0.15) is 11.6 Å². The minimum atomic E-state index is -0.404.